The van der Waals surface area contributed by atoms with Crippen LogP contribution in [0.1, 0.15) is 0 Å². The number of anilines is 1. The van der Waals surface area contributed by atoms with E-state index in [0.29, 0.717) is 16.5 Å². The zero-order valence-corrected chi connectivity index (χ0v) is 12.5. The summed E-state index contributed by atoms with van der Waals surface area (Å²) in [5, 5.41) is 0.977. The highest BCUT2D eigenvalue weighted by Gasteiger charge is 2.17. The van der Waals surface area contributed by atoms with Gasteiger partial charge < -0.3 is 0 Å². The van der Waals surface area contributed by atoms with E-state index >= 15 is 0 Å². The number of sulfonamides is 2. The molecule has 108 valence electrons. The van der Waals surface area contributed by atoms with Crippen molar-refractivity contribution in [2.75, 3.05) is 18.0 Å². The molecule has 20 heavy (non-hydrogen) atoms. The van der Waals surface area contributed by atoms with Gasteiger partial charge in [-0.15, -0.1) is 0 Å². The molecule has 0 unspecified atom stereocenters. The van der Waals surface area contributed by atoms with Crippen molar-refractivity contribution in [1.29, 1.82) is 0 Å². The minimum Gasteiger partial charge on any atom is -0.283 e. The number of hydrogen-bond donors (Lipinski definition) is 2. The summed E-state index contributed by atoms with van der Waals surface area (Å²) in [4.78, 5) is 0.106. The van der Waals surface area contributed by atoms with Crippen molar-refractivity contribution < 1.29 is 16.8 Å². The zero-order valence-electron chi connectivity index (χ0n) is 10.9. The molecule has 0 bridgehead atoms. The minimum absolute atomic E-state index is 0.106. The molecule has 0 aromatic heterocycles. The lowest BCUT2D eigenvalue weighted by Crippen LogP contribution is -2.19. The molecule has 2 N–H and O–H groups in total. The molecule has 0 atom stereocenters. The third-order valence-corrected chi connectivity index (χ3v) is 4.80. The number of nitrogens with one attached hydrogen (secondary N) is 2. The van der Waals surface area contributed by atoms with E-state index in [1.54, 1.807) is 24.3 Å². The molecule has 8 heteroatoms. The predicted molar refractivity (Wildman–Crippen MR) is 78.7 cm³/mol. The summed E-state index contributed by atoms with van der Waals surface area (Å²) in [6.07, 6.45) is 1.04. The van der Waals surface area contributed by atoms with E-state index in [1.807, 2.05) is 0 Å². The number of hydrogen-bond acceptors (Lipinski definition) is 4. The molecule has 0 radical (unpaired) electrons. The first-order chi connectivity index (χ1) is 9.24. The molecule has 0 fully saturated rings. The topological polar surface area (TPSA) is 92.3 Å². The smallest absolute Gasteiger partial charge is 0.240 e. The van der Waals surface area contributed by atoms with E-state index < -0.39 is 20.0 Å². The highest BCUT2D eigenvalue weighted by Crippen LogP contribution is 2.29. The average Bonchev–Trinajstić information content (AvgIpc) is 2.37. The van der Waals surface area contributed by atoms with Crippen LogP contribution in [0.25, 0.3) is 10.8 Å². The molecule has 0 saturated heterocycles. The van der Waals surface area contributed by atoms with Crippen LogP contribution in [0.15, 0.2) is 41.3 Å². The molecular formula is C12H14N2O4S2. The van der Waals surface area contributed by atoms with Crippen LogP contribution < -0.4 is 9.44 Å². The van der Waals surface area contributed by atoms with Crippen LogP contribution in [0, 0.1) is 0 Å². The van der Waals surface area contributed by atoms with E-state index in [1.165, 1.54) is 19.2 Å². The Morgan fingerprint density at radius 2 is 1.50 bits per heavy atom. The van der Waals surface area contributed by atoms with E-state index in [-0.39, 0.29) is 4.90 Å². The summed E-state index contributed by atoms with van der Waals surface area (Å²) >= 11 is 0. The van der Waals surface area contributed by atoms with Crippen molar-refractivity contribution in [3.8, 4) is 0 Å². The van der Waals surface area contributed by atoms with E-state index in [9.17, 15) is 16.8 Å². The second-order valence-corrected chi connectivity index (χ2v) is 7.84. The van der Waals surface area contributed by atoms with Gasteiger partial charge in [-0.05, 0) is 19.2 Å². The van der Waals surface area contributed by atoms with Gasteiger partial charge in [-0.1, -0.05) is 24.3 Å². The fourth-order valence-corrected chi connectivity index (χ4v) is 3.42. The summed E-state index contributed by atoms with van der Waals surface area (Å²) in [5.74, 6) is 0. The molecule has 0 aliphatic heterocycles. The minimum atomic E-state index is -3.61. The summed E-state index contributed by atoms with van der Waals surface area (Å²) in [5.41, 5.74) is 0.346. The second kappa shape index (κ2) is 5.04. The number of fused-ring (bicyclic) bond motifs is 1. The summed E-state index contributed by atoms with van der Waals surface area (Å²) in [6, 6.07) is 9.52. The Kier molecular flexibility index (Phi) is 3.72. The molecule has 0 heterocycles. The molecule has 0 amide bonds. The summed E-state index contributed by atoms with van der Waals surface area (Å²) < 4.78 is 51.2. The Labute approximate surface area is 117 Å². The standard InChI is InChI=1S/C12H14N2O4S2/c1-13-20(17,18)12-8-7-11(14-19(2,15)16)9-5-3-4-6-10(9)12/h3-8,13-14H,1-2H3. The molecule has 0 aliphatic rings. The normalized spacial score (nSPS) is 12.5. The van der Waals surface area contributed by atoms with Gasteiger partial charge in [0.1, 0.15) is 0 Å². The maximum atomic E-state index is 12.0. The van der Waals surface area contributed by atoms with Gasteiger partial charge in [0.15, 0.2) is 0 Å². The first kappa shape index (κ1) is 14.8. The molecular weight excluding hydrogens is 300 g/mol. The van der Waals surface area contributed by atoms with Gasteiger partial charge in [0.25, 0.3) is 0 Å². The second-order valence-electron chi connectivity index (χ2n) is 4.24. The van der Waals surface area contributed by atoms with E-state index in [2.05, 4.69) is 9.44 Å². The lowest BCUT2D eigenvalue weighted by atomic mass is 10.1. The van der Waals surface area contributed by atoms with Gasteiger partial charge >= 0.3 is 0 Å². The average molecular weight is 314 g/mol. The third-order valence-electron chi connectivity index (χ3n) is 2.74. The highest BCUT2D eigenvalue weighted by atomic mass is 32.2. The molecule has 2 aromatic rings. The lowest BCUT2D eigenvalue weighted by molar-refractivity contribution is 0.589. The van der Waals surface area contributed by atoms with Gasteiger partial charge in [0.2, 0.25) is 20.0 Å². The van der Waals surface area contributed by atoms with Crippen LogP contribution >= 0.6 is 0 Å². The predicted octanol–water partition coefficient (Wildman–Crippen LogP) is 1.12. The maximum Gasteiger partial charge on any atom is 0.240 e. The van der Waals surface area contributed by atoms with Crippen LogP contribution in [-0.2, 0) is 20.0 Å². The molecule has 0 aliphatic carbocycles. The highest BCUT2D eigenvalue weighted by molar-refractivity contribution is 7.92. The monoisotopic (exact) mass is 314 g/mol. The first-order valence-electron chi connectivity index (χ1n) is 5.68. The molecule has 2 rings (SSSR count). The van der Waals surface area contributed by atoms with Crippen molar-refractivity contribution >= 4 is 36.5 Å². The van der Waals surface area contributed by atoms with Crippen molar-refractivity contribution in [3.63, 3.8) is 0 Å². The Morgan fingerprint density at radius 1 is 0.900 bits per heavy atom. The zero-order chi connectivity index (χ0) is 15.0. The number of benzene rings is 2. The van der Waals surface area contributed by atoms with Crippen LogP contribution in [0.4, 0.5) is 5.69 Å². The molecule has 0 spiro atoms. The largest absolute Gasteiger partial charge is 0.283 e. The van der Waals surface area contributed by atoms with Gasteiger partial charge in [-0.2, -0.15) is 0 Å². The van der Waals surface area contributed by atoms with Crippen molar-refractivity contribution in [1.82, 2.24) is 4.72 Å². The van der Waals surface area contributed by atoms with Crippen molar-refractivity contribution in [2.24, 2.45) is 0 Å². The van der Waals surface area contributed by atoms with E-state index in [0.717, 1.165) is 6.26 Å². The van der Waals surface area contributed by atoms with Crippen molar-refractivity contribution in [3.05, 3.63) is 36.4 Å². The van der Waals surface area contributed by atoms with Crippen LogP contribution in [-0.4, -0.2) is 30.1 Å². The molecule has 6 nitrogen and oxygen atoms in total. The third kappa shape index (κ3) is 2.92. The van der Waals surface area contributed by atoms with Gasteiger partial charge in [-0.25, -0.2) is 21.6 Å². The quantitative estimate of drug-likeness (QED) is 0.884. The summed E-state index contributed by atoms with van der Waals surface area (Å²) in [6.45, 7) is 0. The summed E-state index contributed by atoms with van der Waals surface area (Å²) in [7, 11) is -5.72. The Morgan fingerprint density at radius 3 is 2.05 bits per heavy atom. The van der Waals surface area contributed by atoms with Crippen LogP contribution in [0.3, 0.4) is 0 Å². The van der Waals surface area contributed by atoms with Crippen LogP contribution in [0.2, 0.25) is 0 Å². The number of rotatable bonds is 4. The van der Waals surface area contributed by atoms with Gasteiger partial charge in [0.05, 0.1) is 16.8 Å². The SMILES string of the molecule is CNS(=O)(=O)c1ccc(NS(C)(=O)=O)c2ccccc12. The first-order valence-corrected chi connectivity index (χ1v) is 9.05. The Bertz CT molecular complexity index is 858. The fraction of sp³-hybridized carbons (Fsp3) is 0.167. The van der Waals surface area contributed by atoms with Gasteiger partial charge in [-0.3, -0.25) is 4.72 Å². The Hall–Kier alpha value is -1.64. The lowest BCUT2D eigenvalue weighted by Gasteiger charge is -2.12. The Balaban J connectivity index is 2.77. The van der Waals surface area contributed by atoms with E-state index in [4.69, 9.17) is 0 Å². The van der Waals surface area contributed by atoms with Gasteiger partial charge in [0, 0.05) is 10.8 Å². The molecule has 2 aromatic carbocycles. The van der Waals surface area contributed by atoms with Crippen molar-refractivity contribution in [2.45, 2.75) is 4.90 Å². The molecule has 0 saturated carbocycles. The fourth-order valence-electron chi connectivity index (χ4n) is 1.90. The maximum absolute atomic E-state index is 12.0. The van der Waals surface area contributed by atoms with Crippen LogP contribution in [0.5, 0.6) is 0 Å².